The average molecular weight is 336 g/mol. The van der Waals surface area contributed by atoms with Gasteiger partial charge in [0.15, 0.2) is 5.82 Å². The second-order valence-electron chi connectivity index (χ2n) is 5.46. The quantitative estimate of drug-likeness (QED) is 0.936. The first kappa shape index (κ1) is 13.5. The van der Waals surface area contributed by atoms with Crippen molar-refractivity contribution in [1.29, 1.82) is 0 Å². The molecule has 3 rings (SSSR count). The first-order valence-electron chi connectivity index (χ1n) is 6.93. The maximum Gasteiger partial charge on any atom is 0.153 e. The number of aromatic nitrogens is 4. The molecule has 1 atom stereocenters. The third-order valence-electron chi connectivity index (χ3n) is 3.47. The Labute approximate surface area is 127 Å². The van der Waals surface area contributed by atoms with Crippen LogP contribution >= 0.6 is 15.9 Å². The standard InChI is InChI=1S/C14H18BrN5/c1-9(2)14-18-13-6-4-11(8-20(13)19-14)17-12-5-3-10(15)7-16-12/h3,5,7,9,11H,4,6,8H2,1-2H3,(H,16,17). The van der Waals surface area contributed by atoms with Crippen molar-refractivity contribution in [2.24, 2.45) is 0 Å². The Hall–Kier alpha value is -1.43. The summed E-state index contributed by atoms with van der Waals surface area (Å²) in [6.45, 7) is 5.11. The maximum absolute atomic E-state index is 4.61. The molecular formula is C14H18BrN5. The van der Waals surface area contributed by atoms with Crippen LogP contribution in [0.2, 0.25) is 0 Å². The van der Waals surface area contributed by atoms with Crippen molar-refractivity contribution in [2.75, 3.05) is 5.32 Å². The Morgan fingerprint density at radius 2 is 2.25 bits per heavy atom. The van der Waals surface area contributed by atoms with E-state index in [1.165, 1.54) is 0 Å². The summed E-state index contributed by atoms with van der Waals surface area (Å²) in [6, 6.07) is 4.34. The maximum atomic E-state index is 4.61. The number of anilines is 1. The number of halogens is 1. The highest BCUT2D eigenvalue weighted by atomic mass is 79.9. The number of aryl methyl sites for hydroxylation is 1. The summed E-state index contributed by atoms with van der Waals surface area (Å²) in [5.41, 5.74) is 0. The molecule has 3 heterocycles. The van der Waals surface area contributed by atoms with Crippen molar-refractivity contribution in [2.45, 2.75) is 45.2 Å². The van der Waals surface area contributed by atoms with Gasteiger partial charge in [-0.25, -0.2) is 14.6 Å². The predicted molar refractivity (Wildman–Crippen MR) is 81.8 cm³/mol. The van der Waals surface area contributed by atoms with Crippen LogP contribution in [0.5, 0.6) is 0 Å². The van der Waals surface area contributed by atoms with Crippen molar-refractivity contribution in [3.8, 4) is 0 Å². The Bertz CT molecular complexity index is 590. The molecule has 0 saturated carbocycles. The molecule has 20 heavy (non-hydrogen) atoms. The second kappa shape index (κ2) is 5.52. The minimum atomic E-state index is 0.359. The van der Waals surface area contributed by atoms with Gasteiger partial charge >= 0.3 is 0 Å². The van der Waals surface area contributed by atoms with E-state index in [1.807, 2.05) is 23.0 Å². The van der Waals surface area contributed by atoms with Gasteiger partial charge in [0.1, 0.15) is 11.6 Å². The van der Waals surface area contributed by atoms with Gasteiger partial charge in [-0.3, -0.25) is 0 Å². The van der Waals surface area contributed by atoms with Gasteiger partial charge in [-0.05, 0) is 34.5 Å². The van der Waals surface area contributed by atoms with E-state index < -0.39 is 0 Å². The SMILES string of the molecule is CC(C)c1nc2n(n1)CC(Nc1ccc(Br)cn1)CC2. The molecule has 0 spiro atoms. The van der Waals surface area contributed by atoms with E-state index in [9.17, 15) is 0 Å². The highest BCUT2D eigenvalue weighted by Gasteiger charge is 2.22. The van der Waals surface area contributed by atoms with Crippen molar-refractivity contribution in [3.63, 3.8) is 0 Å². The molecule has 2 aromatic heterocycles. The fraction of sp³-hybridized carbons (Fsp3) is 0.500. The molecule has 0 amide bonds. The topological polar surface area (TPSA) is 55.6 Å². The van der Waals surface area contributed by atoms with Gasteiger partial charge in [0, 0.05) is 29.1 Å². The van der Waals surface area contributed by atoms with Gasteiger partial charge < -0.3 is 5.32 Å². The fourth-order valence-electron chi connectivity index (χ4n) is 2.36. The Kier molecular flexibility index (Phi) is 3.74. The number of rotatable bonds is 3. The molecule has 6 heteroatoms. The molecule has 0 fully saturated rings. The van der Waals surface area contributed by atoms with Gasteiger partial charge in [-0.15, -0.1) is 0 Å². The summed E-state index contributed by atoms with van der Waals surface area (Å²) in [7, 11) is 0. The third-order valence-corrected chi connectivity index (χ3v) is 3.94. The molecule has 0 aromatic carbocycles. The minimum Gasteiger partial charge on any atom is -0.365 e. The number of nitrogens with one attached hydrogen (secondary N) is 1. The van der Waals surface area contributed by atoms with Gasteiger partial charge in [-0.1, -0.05) is 13.8 Å². The Morgan fingerprint density at radius 3 is 2.95 bits per heavy atom. The van der Waals surface area contributed by atoms with Gasteiger partial charge in [0.2, 0.25) is 0 Å². The summed E-state index contributed by atoms with van der Waals surface area (Å²) in [5.74, 6) is 3.34. The summed E-state index contributed by atoms with van der Waals surface area (Å²) < 4.78 is 3.03. The smallest absolute Gasteiger partial charge is 0.153 e. The molecule has 5 nitrogen and oxygen atoms in total. The number of fused-ring (bicyclic) bond motifs is 1. The Morgan fingerprint density at radius 1 is 1.40 bits per heavy atom. The lowest BCUT2D eigenvalue weighted by atomic mass is 10.1. The third kappa shape index (κ3) is 2.85. The molecule has 0 saturated heterocycles. The largest absolute Gasteiger partial charge is 0.365 e. The molecular weight excluding hydrogens is 318 g/mol. The Balaban J connectivity index is 1.70. The van der Waals surface area contributed by atoms with Crippen molar-refractivity contribution < 1.29 is 0 Å². The van der Waals surface area contributed by atoms with Crippen LogP contribution in [-0.2, 0) is 13.0 Å². The van der Waals surface area contributed by atoms with Gasteiger partial charge in [-0.2, -0.15) is 5.10 Å². The lowest BCUT2D eigenvalue weighted by Crippen LogP contribution is -2.32. The van der Waals surface area contributed by atoms with E-state index in [1.54, 1.807) is 0 Å². The van der Waals surface area contributed by atoms with Crippen LogP contribution in [0.15, 0.2) is 22.8 Å². The van der Waals surface area contributed by atoms with Crippen LogP contribution in [0.25, 0.3) is 0 Å². The summed E-state index contributed by atoms with van der Waals surface area (Å²) in [4.78, 5) is 8.96. The minimum absolute atomic E-state index is 0.359. The molecule has 2 aromatic rings. The van der Waals surface area contributed by atoms with Crippen molar-refractivity contribution in [1.82, 2.24) is 19.7 Å². The van der Waals surface area contributed by atoms with E-state index in [4.69, 9.17) is 0 Å². The number of hydrogen-bond donors (Lipinski definition) is 1. The number of nitrogens with zero attached hydrogens (tertiary/aromatic N) is 4. The summed E-state index contributed by atoms with van der Waals surface area (Å²) in [5, 5.41) is 8.06. The molecule has 0 aliphatic carbocycles. The van der Waals surface area contributed by atoms with E-state index in [-0.39, 0.29) is 0 Å². The molecule has 106 valence electrons. The molecule has 1 N–H and O–H groups in total. The predicted octanol–water partition coefficient (Wildman–Crippen LogP) is 2.99. The summed E-state index contributed by atoms with van der Waals surface area (Å²) in [6.07, 6.45) is 3.84. The van der Waals surface area contributed by atoms with Crippen LogP contribution in [0.3, 0.4) is 0 Å². The first-order valence-corrected chi connectivity index (χ1v) is 7.73. The van der Waals surface area contributed by atoms with Crippen molar-refractivity contribution in [3.05, 3.63) is 34.5 Å². The van der Waals surface area contributed by atoms with Crippen molar-refractivity contribution >= 4 is 21.7 Å². The van der Waals surface area contributed by atoms with Crippen LogP contribution in [-0.4, -0.2) is 25.8 Å². The highest BCUT2D eigenvalue weighted by molar-refractivity contribution is 9.10. The lowest BCUT2D eigenvalue weighted by Gasteiger charge is -2.23. The fourth-order valence-corrected chi connectivity index (χ4v) is 2.60. The van der Waals surface area contributed by atoms with Crippen LogP contribution in [0.1, 0.15) is 37.8 Å². The molecule has 0 bridgehead atoms. The molecule has 1 aliphatic rings. The van der Waals surface area contributed by atoms with Gasteiger partial charge in [0.05, 0.1) is 6.54 Å². The molecule has 0 radical (unpaired) electrons. The lowest BCUT2D eigenvalue weighted by molar-refractivity contribution is 0.439. The summed E-state index contributed by atoms with van der Waals surface area (Å²) >= 11 is 3.40. The monoisotopic (exact) mass is 335 g/mol. The average Bonchev–Trinajstić information content (AvgIpc) is 2.85. The zero-order valence-electron chi connectivity index (χ0n) is 11.7. The normalized spacial score (nSPS) is 18.1. The van der Waals surface area contributed by atoms with E-state index in [0.717, 1.165) is 41.3 Å². The van der Waals surface area contributed by atoms with E-state index >= 15 is 0 Å². The highest BCUT2D eigenvalue weighted by Crippen LogP contribution is 2.19. The zero-order chi connectivity index (χ0) is 14.1. The van der Waals surface area contributed by atoms with E-state index in [0.29, 0.717) is 12.0 Å². The number of pyridine rings is 1. The van der Waals surface area contributed by atoms with Crippen LogP contribution in [0.4, 0.5) is 5.82 Å². The first-order chi connectivity index (χ1) is 9.61. The molecule has 1 aliphatic heterocycles. The van der Waals surface area contributed by atoms with Crippen LogP contribution in [0, 0.1) is 0 Å². The van der Waals surface area contributed by atoms with E-state index in [2.05, 4.69) is 50.2 Å². The number of hydrogen-bond acceptors (Lipinski definition) is 4. The van der Waals surface area contributed by atoms with Gasteiger partial charge in [0.25, 0.3) is 0 Å². The second-order valence-corrected chi connectivity index (χ2v) is 6.38. The zero-order valence-corrected chi connectivity index (χ0v) is 13.3. The van der Waals surface area contributed by atoms with Crippen LogP contribution < -0.4 is 5.32 Å². The molecule has 1 unspecified atom stereocenters.